The highest BCUT2D eigenvalue weighted by molar-refractivity contribution is 5.97. The van der Waals surface area contributed by atoms with Gasteiger partial charge in [-0.25, -0.2) is 4.68 Å². The van der Waals surface area contributed by atoms with Gasteiger partial charge in [-0.1, -0.05) is 6.07 Å². The fourth-order valence-corrected chi connectivity index (χ4v) is 2.92. The SMILES string of the molecule is COc1ccc(-n2ncc(C(=O)NCc3cccnc3)c2-n2cccc2)cc1. The van der Waals surface area contributed by atoms with E-state index in [0.717, 1.165) is 17.0 Å². The number of carbonyl (C=O) groups excluding carboxylic acids is 1. The van der Waals surface area contributed by atoms with E-state index >= 15 is 0 Å². The maximum atomic E-state index is 12.9. The Morgan fingerprint density at radius 1 is 1.07 bits per heavy atom. The van der Waals surface area contributed by atoms with E-state index in [1.165, 1.54) is 0 Å². The number of nitrogens with zero attached hydrogens (tertiary/aromatic N) is 4. The van der Waals surface area contributed by atoms with E-state index in [0.29, 0.717) is 17.9 Å². The molecule has 3 aromatic heterocycles. The fraction of sp³-hybridized carbons (Fsp3) is 0.0952. The van der Waals surface area contributed by atoms with E-state index in [4.69, 9.17) is 4.74 Å². The van der Waals surface area contributed by atoms with E-state index in [9.17, 15) is 4.79 Å². The highest BCUT2D eigenvalue weighted by Crippen LogP contribution is 2.22. The average molecular weight is 373 g/mol. The molecule has 0 aliphatic rings. The van der Waals surface area contributed by atoms with Crippen LogP contribution in [0.4, 0.5) is 0 Å². The number of hydrogen-bond donors (Lipinski definition) is 1. The lowest BCUT2D eigenvalue weighted by Crippen LogP contribution is -2.24. The van der Waals surface area contributed by atoms with Crippen LogP contribution in [0.3, 0.4) is 0 Å². The Kier molecular flexibility index (Phi) is 4.88. The summed E-state index contributed by atoms with van der Waals surface area (Å²) >= 11 is 0. The number of benzene rings is 1. The zero-order valence-electron chi connectivity index (χ0n) is 15.3. The number of ether oxygens (including phenoxy) is 1. The summed E-state index contributed by atoms with van der Waals surface area (Å²) in [6.45, 7) is 0.394. The van der Waals surface area contributed by atoms with Gasteiger partial charge in [0, 0.05) is 31.3 Å². The highest BCUT2D eigenvalue weighted by atomic mass is 16.5. The number of aromatic nitrogens is 4. The molecule has 0 aliphatic heterocycles. The molecule has 4 rings (SSSR count). The molecule has 1 aromatic carbocycles. The van der Waals surface area contributed by atoms with Gasteiger partial charge in [0.1, 0.15) is 11.3 Å². The predicted octanol–water partition coefficient (Wildman–Crippen LogP) is 3.00. The molecule has 0 spiro atoms. The largest absolute Gasteiger partial charge is 0.497 e. The topological polar surface area (TPSA) is 74.0 Å². The van der Waals surface area contributed by atoms with Crippen LogP contribution < -0.4 is 10.1 Å². The van der Waals surface area contributed by atoms with Gasteiger partial charge in [0.2, 0.25) is 0 Å². The van der Waals surface area contributed by atoms with Gasteiger partial charge in [0.25, 0.3) is 5.91 Å². The minimum atomic E-state index is -0.202. The van der Waals surface area contributed by atoms with Crippen LogP contribution >= 0.6 is 0 Å². The lowest BCUT2D eigenvalue weighted by atomic mass is 10.2. The minimum Gasteiger partial charge on any atom is -0.497 e. The molecule has 28 heavy (non-hydrogen) atoms. The first-order valence-electron chi connectivity index (χ1n) is 8.79. The average Bonchev–Trinajstić information content (AvgIpc) is 3.42. The smallest absolute Gasteiger partial charge is 0.256 e. The maximum Gasteiger partial charge on any atom is 0.256 e. The van der Waals surface area contributed by atoms with Gasteiger partial charge in [0.05, 0.1) is 19.0 Å². The molecule has 3 heterocycles. The van der Waals surface area contributed by atoms with Gasteiger partial charge in [-0.2, -0.15) is 5.10 Å². The molecule has 0 radical (unpaired) electrons. The molecular weight excluding hydrogens is 354 g/mol. The number of hydrogen-bond acceptors (Lipinski definition) is 4. The molecule has 7 nitrogen and oxygen atoms in total. The van der Waals surface area contributed by atoms with E-state index in [2.05, 4.69) is 15.4 Å². The van der Waals surface area contributed by atoms with Crippen LogP contribution in [0.5, 0.6) is 5.75 Å². The molecule has 4 aromatic rings. The van der Waals surface area contributed by atoms with Crippen molar-refractivity contribution >= 4 is 5.91 Å². The lowest BCUT2D eigenvalue weighted by molar-refractivity contribution is 0.0951. The zero-order valence-corrected chi connectivity index (χ0v) is 15.3. The second-order valence-corrected chi connectivity index (χ2v) is 6.13. The second-order valence-electron chi connectivity index (χ2n) is 6.13. The Balaban J connectivity index is 1.67. The van der Waals surface area contributed by atoms with Crippen LogP contribution in [-0.4, -0.2) is 32.3 Å². The first-order valence-corrected chi connectivity index (χ1v) is 8.79. The van der Waals surface area contributed by atoms with Gasteiger partial charge in [0.15, 0.2) is 5.82 Å². The Morgan fingerprint density at radius 2 is 1.86 bits per heavy atom. The van der Waals surface area contributed by atoms with Crippen molar-refractivity contribution in [1.29, 1.82) is 0 Å². The molecule has 0 unspecified atom stereocenters. The summed E-state index contributed by atoms with van der Waals surface area (Å²) in [6, 6.07) is 15.1. The quantitative estimate of drug-likeness (QED) is 0.564. The molecule has 7 heteroatoms. The van der Waals surface area contributed by atoms with Crippen molar-refractivity contribution in [2.75, 3.05) is 7.11 Å². The molecule has 0 aliphatic carbocycles. The summed E-state index contributed by atoms with van der Waals surface area (Å²) in [4.78, 5) is 16.9. The third-order valence-corrected chi connectivity index (χ3v) is 4.33. The third kappa shape index (κ3) is 3.50. The first kappa shape index (κ1) is 17.5. The number of pyridine rings is 1. The summed E-state index contributed by atoms with van der Waals surface area (Å²) < 4.78 is 8.83. The molecule has 0 bridgehead atoms. The van der Waals surface area contributed by atoms with Crippen molar-refractivity contribution in [1.82, 2.24) is 24.6 Å². The normalized spacial score (nSPS) is 10.6. The van der Waals surface area contributed by atoms with Crippen LogP contribution in [0.1, 0.15) is 15.9 Å². The monoisotopic (exact) mass is 373 g/mol. The van der Waals surface area contributed by atoms with E-state index in [1.54, 1.807) is 30.4 Å². The van der Waals surface area contributed by atoms with Crippen LogP contribution in [0.25, 0.3) is 11.5 Å². The molecule has 1 N–H and O–H groups in total. The van der Waals surface area contributed by atoms with Gasteiger partial charge in [-0.05, 0) is 48.0 Å². The van der Waals surface area contributed by atoms with Crippen molar-refractivity contribution < 1.29 is 9.53 Å². The molecule has 0 atom stereocenters. The number of carbonyl (C=O) groups is 1. The van der Waals surface area contributed by atoms with E-state index < -0.39 is 0 Å². The van der Waals surface area contributed by atoms with E-state index in [1.807, 2.05) is 65.5 Å². The summed E-state index contributed by atoms with van der Waals surface area (Å²) in [6.07, 6.45) is 8.78. The Bertz CT molecular complexity index is 1050. The molecule has 1 amide bonds. The molecule has 0 saturated heterocycles. The number of amides is 1. The number of nitrogens with one attached hydrogen (secondary N) is 1. The van der Waals surface area contributed by atoms with Crippen LogP contribution in [0, 0.1) is 0 Å². The van der Waals surface area contributed by atoms with Crippen molar-refractivity contribution in [3.8, 4) is 17.3 Å². The summed E-state index contributed by atoms with van der Waals surface area (Å²) in [7, 11) is 1.62. The summed E-state index contributed by atoms with van der Waals surface area (Å²) in [5, 5.41) is 7.39. The number of rotatable bonds is 6. The van der Waals surface area contributed by atoms with Crippen LogP contribution in [-0.2, 0) is 6.54 Å². The standard InChI is InChI=1S/C21H19N5O2/c1-28-18-8-6-17(7-9-18)26-21(25-11-2-3-12-25)19(15-24-26)20(27)23-14-16-5-4-10-22-13-16/h2-13,15H,14H2,1H3,(H,23,27). The molecular formula is C21H19N5O2. The van der Waals surface area contributed by atoms with Gasteiger partial charge >= 0.3 is 0 Å². The van der Waals surface area contributed by atoms with Gasteiger partial charge in [-0.3, -0.25) is 9.78 Å². The van der Waals surface area contributed by atoms with Gasteiger partial charge < -0.3 is 14.6 Å². The highest BCUT2D eigenvalue weighted by Gasteiger charge is 2.19. The fourth-order valence-electron chi connectivity index (χ4n) is 2.92. The number of methoxy groups -OCH3 is 1. The Hall–Kier alpha value is -3.87. The minimum absolute atomic E-state index is 0.202. The van der Waals surface area contributed by atoms with Crippen molar-refractivity contribution in [2.45, 2.75) is 6.54 Å². The first-order chi connectivity index (χ1) is 13.8. The molecule has 0 fully saturated rings. The van der Waals surface area contributed by atoms with Crippen LogP contribution in [0.2, 0.25) is 0 Å². The van der Waals surface area contributed by atoms with Crippen molar-refractivity contribution in [3.05, 3.63) is 90.6 Å². The Labute approximate surface area is 162 Å². The van der Waals surface area contributed by atoms with Gasteiger partial charge in [-0.15, -0.1) is 0 Å². The van der Waals surface area contributed by atoms with Crippen molar-refractivity contribution in [3.63, 3.8) is 0 Å². The van der Waals surface area contributed by atoms with E-state index in [-0.39, 0.29) is 5.91 Å². The molecule has 0 saturated carbocycles. The molecule has 140 valence electrons. The predicted molar refractivity (Wildman–Crippen MR) is 105 cm³/mol. The van der Waals surface area contributed by atoms with Crippen LogP contribution in [0.15, 0.2) is 79.5 Å². The summed E-state index contributed by atoms with van der Waals surface area (Å²) in [5.74, 6) is 1.22. The zero-order chi connectivity index (χ0) is 19.3. The third-order valence-electron chi connectivity index (χ3n) is 4.33. The second kappa shape index (κ2) is 7.79. The summed E-state index contributed by atoms with van der Waals surface area (Å²) in [5.41, 5.74) is 2.24. The maximum absolute atomic E-state index is 12.9. The van der Waals surface area contributed by atoms with Crippen molar-refractivity contribution in [2.24, 2.45) is 0 Å². The Morgan fingerprint density at radius 3 is 2.54 bits per heavy atom. The lowest BCUT2D eigenvalue weighted by Gasteiger charge is -2.11.